The lowest BCUT2D eigenvalue weighted by Crippen LogP contribution is -1.93. The normalized spacial score (nSPS) is 10.0. The Labute approximate surface area is 150 Å². The number of aliphatic carboxylic acids is 1. The topological polar surface area (TPSA) is 63.3 Å². The van der Waals surface area contributed by atoms with Crippen molar-refractivity contribution in [1.82, 2.24) is 0 Å². The first-order valence-electron chi connectivity index (χ1n) is 9.22. The second-order valence-corrected chi connectivity index (χ2v) is 5.73. The summed E-state index contributed by atoms with van der Waals surface area (Å²) in [5, 5.41) is 8.51. The van der Waals surface area contributed by atoms with Crippen molar-refractivity contribution in [1.29, 1.82) is 0 Å². The van der Waals surface area contributed by atoms with Crippen LogP contribution < -0.4 is 5.73 Å². The number of rotatable bonds is 15. The van der Waals surface area contributed by atoms with Crippen molar-refractivity contribution in [3.63, 3.8) is 0 Å². The number of carboxylic acids is 1. The van der Waals surface area contributed by atoms with Gasteiger partial charge in [0.2, 0.25) is 0 Å². The van der Waals surface area contributed by atoms with Gasteiger partial charge in [0.15, 0.2) is 0 Å². The summed E-state index contributed by atoms with van der Waals surface area (Å²) in [7, 11) is 1.50. The maximum Gasteiger partial charge on any atom is 0.303 e. The molecule has 4 heteroatoms. The molecule has 0 fully saturated rings. The fourth-order valence-corrected chi connectivity index (χ4v) is 2.35. The molecule has 0 saturated carbocycles. The van der Waals surface area contributed by atoms with Crippen molar-refractivity contribution in [2.24, 2.45) is 5.73 Å². The van der Waals surface area contributed by atoms with Crippen LogP contribution >= 0.6 is 12.4 Å². The van der Waals surface area contributed by atoms with Crippen molar-refractivity contribution >= 4 is 18.4 Å². The summed E-state index contributed by atoms with van der Waals surface area (Å²) in [6, 6.07) is 0. The number of hydrogen-bond donors (Lipinski definition) is 2. The smallest absolute Gasteiger partial charge is 0.303 e. The average molecular weight is 350 g/mol. The first kappa shape index (κ1) is 27.3. The molecule has 0 aliphatic heterocycles. The molecule has 0 aromatic rings. The van der Waals surface area contributed by atoms with E-state index in [1.807, 2.05) is 0 Å². The number of unbranched alkanes of at least 4 members (excludes halogenated alkanes) is 11. The molecule has 0 bridgehead atoms. The highest BCUT2D eigenvalue weighted by Crippen LogP contribution is 2.09. The quantitative estimate of drug-likeness (QED) is 0.277. The summed E-state index contributed by atoms with van der Waals surface area (Å²) in [5.74, 6) is -0.664. The molecule has 0 aromatic carbocycles. The molecule has 0 heterocycles. The van der Waals surface area contributed by atoms with Crippen LogP contribution in [0.25, 0.3) is 0 Å². The van der Waals surface area contributed by atoms with Crippen molar-refractivity contribution < 1.29 is 9.90 Å². The Morgan fingerprint density at radius 2 is 1.17 bits per heavy atom. The van der Waals surface area contributed by atoms with Crippen LogP contribution in [0.15, 0.2) is 12.2 Å². The van der Waals surface area contributed by atoms with Crippen LogP contribution in [0.1, 0.15) is 96.8 Å². The summed E-state index contributed by atoms with van der Waals surface area (Å²) in [6.45, 7) is 2.26. The largest absolute Gasteiger partial charge is 0.481 e. The van der Waals surface area contributed by atoms with E-state index in [0.717, 1.165) is 12.8 Å². The summed E-state index contributed by atoms with van der Waals surface area (Å²) >= 11 is 0. The Balaban J connectivity index is -0.00000128. The van der Waals surface area contributed by atoms with Gasteiger partial charge >= 0.3 is 5.97 Å². The minimum absolute atomic E-state index is 0. The van der Waals surface area contributed by atoms with Gasteiger partial charge in [-0.15, -0.1) is 12.4 Å². The Bertz CT molecular complexity index is 246. The fraction of sp³-hybridized carbons (Fsp3) is 0.842. The molecule has 140 valence electrons. The molecule has 0 spiro atoms. The van der Waals surface area contributed by atoms with Gasteiger partial charge in [-0.05, 0) is 39.2 Å². The molecule has 0 aromatic heterocycles. The van der Waals surface area contributed by atoms with Crippen LogP contribution in [-0.4, -0.2) is 18.1 Å². The molecular formula is C19H40ClNO2. The van der Waals surface area contributed by atoms with Gasteiger partial charge in [-0.1, -0.05) is 70.4 Å². The first-order chi connectivity index (χ1) is 10.8. The van der Waals surface area contributed by atoms with E-state index >= 15 is 0 Å². The maximum absolute atomic E-state index is 10.3. The number of carboxylic acid groups (broad SMARTS) is 1. The minimum Gasteiger partial charge on any atom is -0.481 e. The van der Waals surface area contributed by atoms with Crippen LogP contribution in [0.5, 0.6) is 0 Å². The van der Waals surface area contributed by atoms with Gasteiger partial charge in [0.05, 0.1) is 0 Å². The van der Waals surface area contributed by atoms with Crippen LogP contribution in [0.4, 0.5) is 0 Å². The molecule has 3 nitrogen and oxygen atoms in total. The SMILES string of the molecule is CCCCCCCC/C=C\CCCCCCCC(=O)O.CN.Cl. The standard InChI is InChI=1S/C18H34O2.CH5N.ClH/c1-2-3-4-5-6-7-8-9-10-11-12-13-14-15-16-17-18(19)20;1-2;/h9-10H,2-8,11-17H2,1H3,(H,19,20);2H2,1H3;1H/b10-9-;;. The van der Waals surface area contributed by atoms with Crippen LogP contribution in [0.2, 0.25) is 0 Å². The van der Waals surface area contributed by atoms with E-state index in [1.165, 1.54) is 77.7 Å². The van der Waals surface area contributed by atoms with Crippen LogP contribution in [-0.2, 0) is 4.79 Å². The van der Waals surface area contributed by atoms with E-state index in [1.54, 1.807) is 0 Å². The lowest BCUT2D eigenvalue weighted by Gasteiger charge is -1.99. The second-order valence-electron chi connectivity index (χ2n) is 5.73. The Morgan fingerprint density at radius 3 is 1.61 bits per heavy atom. The molecule has 0 aliphatic carbocycles. The van der Waals surface area contributed by atoms with E-state index in [4.69, 9.17) is 5.11 Å². The molecule has 0 amide bonds. The molecule has 0 saturated heterocycles. The van der Waals surface area contributed by atoms with E-state index < -0.39 is 5.97 Å². The zero-order valence-electron chi connectivity index (χ0n) is 15.4. The Hall–Kier alpha value is -0.540. The average Bonchev–Trinajstić information content (AvgIpc) is 2.53. The monoisotopic (exact) mass is 349 g/mol. The van der Waals surface area contributed by atoms with Gasteiger partial charge in [0.25, 0.3) is 0 Å². The molecule has 3 N–H and O–H groups in total. The first-order valence-corrected chi connectivity index (χ1v) is 9.22. The second kappa shape index (κ2) is 26.4. The third kappa shape index (κ3) is 30.0. The van der Waals surface area contributed by atoms with Gasteiger partial charge < -0.3 is 10.8 Å². The molecule has 0 rings (SSSR count). The number of allylic oxidation sites excluding steroid dienone is 2. The summed E-state index contributed by atoms with van der Waals surface area (Å²) in [4.78, 5) is 10.3. The number of hydrogen-bond acceptors (Lipinski definition) is 2. The molecular weight excluding hydrogens is 310 g/mol. The van der Waals surface area contributed by atoms with Gasteiger partial charge in [-0.2, -0.15) is 0 Å². The highest BCUT2D eigenvalue weighted by Gasteiger charge is 1.95. The minimum atomic E-state index is -0.664. The number of halogens is 1. The van der Waals surface area contributed by atoms with Gasteiger partial charge in [-0.3, -0.25) is 4.79 Å². The van der Waals surface area contributed by atoms with E-state index in [9.17, 15) is 4.79 Å². The number of carbonyl (C=O) groups is 1. The van der Waals surface area contributed by atoms with Crippen molar-refractivity contribution in [2.45, 2.75) is 96.8 Å². The third-order valence-electron chi connectivity index (χ3n) is 3.65. The molecule has 0 atom stereocenters. The summed E-state index contributed by atoms with van der Waals surface area (Å²) in [6.07, 6.45) is 21.2. The van der Waals surface area contributed by atoms with Crippen LogP contribution in [0.3, 0.4) is 0 Å². The molecule has 23 heavy (non-hydrogen) atoms. The van der Waals surface area contributed by atoms with E-state index in [0.29, 0.717) is 6.42 Å². The lowest BCUT2D eigenvalue weighted by molar-refractivity contribution is -0.137. The van der Waals surface area contributed by atoms with Gasteiger partial charge in [-0.25, -0.2) is 0 Å². The maximum atomic E-state index is 10.3. The Kier molecular flexibility index (Phi) is 31.3. The Morgan fingerprint density at radius 1 is 0.783 bits per heavy atom. The fourth-order valence-electron chi connectivity index (χ4n) is 2.35. The van der Waals surface area contributed by atoms with Crippen molar-refractivity contribution in [3.05, 3.63) is 12.2 Å². The lowest BCUT2D eigenvalue weighted by atomic mass is 10.1. The van der Waals surface area contributed by atoms with Gasteiger partial charge in [0.1, 0.15) is 0 Å². The predicted octanol–water partition coefficient (Wildman–Crippen LogP) is 6.11. The summed E-state index contributed by atoms with van der Waals surface area (Å²) in [5.41, 5.74) is 4.50. The summed E-state index contributed by atoms with van der Waals surface area (Å²) < 4.78 is 0. The van der Waals surface area contributed by atoms with Crippen molar-refractivity contribution in [3.8, 4) is 0 Å². The highest BCUT2D eigenvalue weighted by atomic mass is 35.5. The predicted molar refractivity (Wildman–Crippen MR) is 104 cm³/mol. The van der Waals surface area contributed by atoms with Crippen molar-refractivity contribution in [2.75, 3.05) is 7.05 Å². The highest BCUT2D eigenvalue weighted by molar-refractivity contribution is 5.85. The molecule has 0 radical (unpaired) electrons. The van der Waals surface area contributed by atoms with Gasteiger partial charge in [0, 0.05) is 6.42 Å². The zero-order valence-corrected chi connectivity index (χ0v) is 16.2. The van der Waals surface area contributed by atoms with E-state index in [2.05, 4.69) is 24.8 Å². The van der Waals surface area contributed by atoms with E-state index in [-0.39, 0.29) is 12.4 Å². The zero-order chi connectivity index (χ0) is 16.9. The van der Waals surface area contributed by atoms with Crippen LogP contribution in [0, 0.1) is 0 Å². The third-order valence-corrected chi connectivity index (χ3v) is 3.65. The molecule has 0 aliphatic rings. The molecule has 0 unspecified atom stereocenters. The number of nitrogens with two attached hydrogens (primary N) is 1.